The monoisotopic (exact) mass is 504 g/mol. The lowest BCUT2D eigenvalue weighted by Gasteiger charge is -2.48. The average molecular weight is 505 g/mol. The Labute approximate surface area is 218 Å². The lowest BCUT2D eigenvalue weighted by atomic mass is 9.81. The first-order chi connectivity index (χ1) is 18.1. The molecule has 3 atom stereocenters. The van der Waals surface area contributed by atoms with E-state index in [1.165, 1.54) is 0 Å². The molecule has 37 heavy (non-hydrogen) atoms. The van der Waals surface area contributed by atoms with E-state index in [2.05, 4.69) is 21.9 Å². The summed E-state index contributed by atoms with van der Waals surface area (Å²) in [6.07, 6.45) is 5.32. The summed E-state index contributed by atoms with van der Waals surface area (Å²) in [4.78, 5) is 42.7. The Morgan fingerprint density at radius 3 is 2.41 bits per heavy atom. The number of ether oxygens (including phenoxy) is 2. The Morgan fingerprint density at radius 1 is 0.892 bits per heavy atom. The molecule has 2 aliphatic carbocycles. The summed E-state index contributed by atoms with van der Waals surface area (Å²) in [6, 6.07) is 18.2. The first-order valence-electron chi connectivity index (χ1n) is 13.6. The molecule has 7 nitrogen and oxygen atoms in total. The van der Waals surface area contributed by atoms with Gasteiger partial charge in [0.05, 0.1) is 19.1 Å². The van der Waals surface area contributed by atoms with Crippen LogP contribution in [0.25, 0.3) is 0 Å². The molecule has 3 unspecified atom stereocenters. The Hall–Kier alpha value is -3.35. The van der Waals surface area contributed by atoms with E-state index in [1.54, 1.807) is 6.92 Å². The average Bonchev–Trinajstić information content (AvgIpc) is 3.63. The van der Waals surface area contributed by atoms with Crippen LogP contribution in [0.2, 0.25) is 0 Å². The Bertz CT molecular complexity index is 1120. The molecule has 0 spiro atoms. The van der Waals surface area contributed by atoms with Crippen LogP contribution >= 0.6 is 0 Å². The summed E-state index contributed by atoms with van der Waals surface area (Å²) in [7, 11) is 0. The van der Waals surface area contributed by atoms with Crippen molar-refractivity contribution in [3.8, 4) is 0 Å². The smallest absolute Gasteiger partial charge is 0.325 e. The Morgan fingerprint density at radius 2 is 1.65 bits per heavy atom. The zero-order valence-corrected chi connectivity index (χ0v) is 21.5. The fourth-order valence-corrected chi connectivity index (χ4v) is 6.12. The van der Waals surface area contributed by atoms with Crippen molar-refractivity contribution in [1.29, 1.82) is 0 Å². The van der Waals surface area contributed by atoms with Crippen LogP contribution in [0.3, 0.4) is 0 Å². The van der Waals surface area contributed by atoms with Crippen LogP contribution in [0, 0.1) is 5.92 Å². The summed E-state index contributed by atoms with van der Waals surface area (Å²) in [6.45, 7) is 2.55. The van der Waals surface area contributed by atoms with E-state index in [1.807, 2.05) is 42.5 Å². The van der Waals surface area contributed by atoms with Gasteiger partial charge in [0.2, 0.25) is 5.91 Å². The van der Waals surface area contributed by atoms with E-state index < -0.39 is 0 Å². The maximum absolute atomic E-state index is 13.5. The number of rotatable bonds is 10. The molecule has 0 radical (unpaired) electrons. The summed E-state index contributed by atoms with van der Waals surface area (Å²) >= 11 is 0. The topological polar surface area (TPSA) is 76.2 Å². The predicted molar refractivity (Wildman–Crippen MR) is 140 cm³/mol. The third-order valence-electron chi connectivity index (χ3n) is 7.82. The van der Waals surface area contributed by atoms with E-state index in [9.17, 15) is 14.4 Å². The van der Waals surface area contributed by atoms with Crippen LogP contribution in [0.5, 0.6) is 0 Å². The maximum atomic E-state index is 13.5. The van der Waals surface area contributed by atoms with Gasteiger partial charge in [-0.1, -0.05) is 55.0 Å². The lowest BCUT2D eigenvalue weighted by Crippen LogP contribution is -2.52. The van der Waals surface area contributed by atoms with Gasteiger partial charge in [-0.25, -0.2) is 0 Å². The first-order valence-corrected chi connectivity index (χ1v) is 13.6. The van der Waals surface area contributed by atoms with Gasteiger partial charge in [0, 0.05) is 30.1 Å². The van der Waals surface area contributed by atoms with Gasteiger partial charge in [0.15, 0.2) is 0 Å². The minimum Gasteiger partial charge on any atom is -0.466 e. The number of nitrogens with zero attached hydrogens (tertiary/aromatic N) is 2. The first kappa shape index (κ1) is 25.3. The van der Waals surface area contributed by atoms with Crippen molar-refractivity contribution in [2.45, 2.75) is 76.6 Å². The highest BCUT2D eigenvalue weighted by atomic mass is 16.5. The van der Waals surface area contributed by atoms with Gasteiger partial charge in [-0.3, -0.25) is 14.4 Å². The largest absolute Gasteiger partial charge is 0.466 e. The molecule has 7 heteroatoms. The van der Waals surface area contributed by atoms with E-state index in [0.29, 0.717) is 6.61 Å². The lowest BCUT2D eigenvalue weighted by molar-refractivity contribution is -0.146. The van der Waals surface area contributed by atoms with E-state index >= 15 is 0 Å². The summed E-state index contributed by atoms with van der Waals surface area (Å²) in [5.74, 6) is -0.303. The number of hydrogen-bond donors (Lipinski definition) is 0. The second-order valence-corrected chi connectivity index (χ2v) is 10.3. The van der Waals surface area contributed by atoms with Crippen molar-refractivity contribution < 1.29 is 23.9 Å². The highest BCUT2D eigenvalue weighted by molar-refractivity contribution is 5.83. The number of benzene rings is 2. The van der Waals surface area contributed by atoms with E-state index in [0.717, 1.165) is 48.9 Å². The highest BCUT2D eigenvalue weighted by Gasteiger charge is 2.50. The molecule has 2 fully saturated rings. The van der Waals surface area contributed by atoms with Gasteiger partial charge >= 0.3 is 11.9 Å². The van der Waals surface area contributed by atoms with Crippen LogP contribution in [-0.2, 0) is 30.5 Å². The number of esters is 2. The molecule has 5 rings (SSSR count). The molecule has 1 aliphatic heterocycles. The van der Waals surface area contributed by atoms with Crippen LogP contribution in [-0.4, -0.2) is 48.0 Å². The van der Waals surface area contributed by atoms with Gasteiger partial charge in [0.25, 0.3) is 0 Å². The number of carbonyl (C=O) groups is 3. The molecule has 0 aromatic heterocycles. The quantitative estimate of drug-likeness (QED) is 0.433. The van der Waals surface area contributed by atoms with Crippen molar-refractivity contribution in [2.75, 3.05) is 18.1 Å². The van der Waals surface area contributed by atoms with Crippen LogP contribution < -0.4 is 4.90 Å². The Kier molecular flexibility index (Phi) is 7.77. The van der Waals surface area contributed by atoms with Crippen molar-refractivity contribution in [1.82, 2.24) is 4.90 Å². The van der Waals surface area contributed by atoms with E-state index in [-0.39, 0.29) is 67.9 Å². The molecule has 2 aromatic rings. The molecule has 1 amide bonds. The number of para-hydroxylation sites is 1. The third-order valence-corrected chi connectivity index (χ3v) is 7.82. The fourth-order valence-electron chi connectivity index (χ4n) is 6.12. The van der Waals surface area contributed by atoms with Crippen molar-refractivity contribution in [2.24, 2.45) is 5.92 Å². The molecular weight excluding hydrogens is 468 g/mol. The minimum atomic E-state index is -0.324. The molecule has 196 valence electrons. The summed E-state index contributed by atoms with van der Waals surface area (Å²) in [5, 5.41) is 0. The summed E-state index contributed by atoms with van der Waals surface area (Å²) in [5.41, 5.74) is 3.07. The highest BCUT2D eigenvalue weighted by Crippen LogP contribution is 2.52. The Balaban J connectivity index is 1.37. The minimum absolute atomic E-state index is 0.0247. The van der Waals surface area contributed by atoms with Gasteiger partial charge < -0.3 is 19.3 Å². The normalized spacial score (nSPS) is 22.1. The standard InChI is InChI=1S/C30H36N2O5/c1-2-36-28(34)18-17-27(33)32(22-15-16-22)30-23-11-6-7-13-25(23)31(26-14-8-12-24(26)30)19-29(35)37-20-21-9-4-3-5-10-21/h3-7,9-11,13,22,24,26,30H,2,8,12,14-20H2,1H3. The third kappa shape index (κ3) is 5.65. The number of fused-ring (bicyclic) bond motifs is 2. The second kappa shape index (κ2) is 11.4. The molecule has 0 bridgehead atoms. The maximum Gasteiger partial charge on any atom is 0.325 e. The SMILES string of the molecule is CCOC(=O)CCC(=O)N(C1CC1)C1c2ccccc2N(CC(=O)OCc2ccccc2)C2CCCC21. The van der Waals surface area contributed by atoms with Crippen LogP contribution in [0.1, 0.15) is 69.0 Å². The molecular formula is C30H36N2O5. The zero-order chi connectivity index (χ0) is 25.8. The number of amides is 1. The second-order valence-electron chi connectivity index (χ2n) is 10.3. The number of carbonyl (C=O) groups excluding carboxylic acids is 3. The number of hydrogen-bond acceptors (Lipinski definition) is 6. The molecule has 2 aromatic carbocycles. The van der Waals surface area contributed by atoms with E-state index in [4.69, 9.17) is 9.47 Å². The predicted octanol–water partition coefficient (Wildman–Crippen LogP) is 4.79. The molecule has 0 N–H and O–H groups in total. The molecule has 1 heterocycles. The van der Waals surface area contributed by atoms with Gasteiger partial charge in [0.1, 0.15) is 13.2 Å². The molecule has 3 aliphatic rings. The summed E-state index contributed by atoms with van der Waals surface area (Å²) < 4.78 is 10.7. The van der Waals surface area contributed by atoms with Gasteiger partial charge in [-0.2, -0.15) is 0 Å². The van der Waals surface area contributed by atoms with Gasteiger partial charge in [-0.05, 0) is 49.8 Å². The van der Waals surface area contributed by atoms with Crippen molar-refractivity contribution in [3.05, 3.63) is 65.7 Å². The molecule has 0 saturated heterocycles. The molecule has 2 saturated carbocycles. The number of anilines is 1. The van der Waals surface area contributed by atoms with Gasteiger partial charge in [-0.15, -0.1) is 0 Å². The van der Waals surface area contributed by atoms with Crippen molar-refractivity contribution in [3.63, 3.8) is 0 Å². The fraction of sp³-hybridized carbons (Fsp3) is 0.500. The van der Waals surface area contributed by atoms with Crippen LogP contribution in [0.4, 0.5) is 5.69 Å². The van der Waals surface area contributed by atoms with Crippen molar-refractivity contribution >= 4 is 23.5 Å². The zero-order valence-electron chi connectivity index (χ0n) is 21.5. The van der Waals surface area contributed by atoms with Crippen LogP contribution in [0.15, 0.2) is 54.6 Å².